The standard InChI is InChI=1S/C15H17N3O3/c1-19-13-4-2-3-5-14(13)21-12-10-16-15(17-11-12)18-6-8-20-9-7-18/h2-5,10-11H,6-9H2,1H3. The number of morpholine rings is 1. The fourth-order valence-corrected chi connectivity index (χ4v) is 2.12. The topological polar surface area (TPSA) is 56.7 Å². The number of benzene rings is 1. The van der Waals surface area contributed by atoms with Crippen molar-refractivity contribution in [3.63, 3.8) is 0 Å². The van der Waals surface area contributed by atoms with Gasteiger partial charge in [0.1, 0.15) is 0 Å². The Morgan fingerprint density at radius 2 is 1.71 bits per heavy atom. The molecule has 2 aromatic rings. The van der Waals surface area contributed by atoms with Crippen molar-refractivity contribution < 1.29 is 14.2 Å². The molecular weight excluding hydrogens is 270 g/mol. The molecule has 0 unspecified atom stereocenters. The molecule has 6 heteroatoms. The fourth-order valence-electron chi connectivity index (χ4n) is 2.12. The summed E-state index contributed by atoms with van der Waals surface area (Å²) in [5.74, 6) is 2.60. The average Bonchev–Trinajstić information content (AvgIpc) is 2.57. The molecule has 0 bridgehead atoms. The van der Waals surface area contributed by atoms with Crippen molar-refractivity contribution in [2.45, 2.75) is 0 Å². The monoisotopic (exact) mass is 287 g/mol. The van der Waals surface area contributed by atoms with Crippen molar-refractivity contribution in [3.8, 4) is 17.2 Å². The van der Waals surface area contributed by atoms with Crippen LogP contribution in [0.2, 0.25) is 0 Å². The molecule has 1 aliphatic rings. The minimum absolute atomic E-state index is 0.580. The average molecular weight is 287 g/mol. The maximum atomic E-state index is 5.75. The molecule has 6 nitrogen and oxygen atoms in total. The predicted molar refractivity (Wildman–Crippen MR) is 78.1 cm³/mol. The van der Waals surface area contributed by atoms with Crippen LogP contribution in [0.1, 0.15) is 0 Å². The number of ether oxygens (including phenoxy) is 3. The quantitative estimate of drug-likeness (QED) is 0.858. The van der Waals surface area contributed by atoms with Crippen molar-refractivity contribution in [2.75, 3.05) is 38.3 Å². The van der Waals surface area contributed by atoms with E-state index in [0.29, 0.717) is 36.4 Å². The zero-order chi connectivity index (χ0) is 14.5. The number of anilines is 1. The van der Waals surface area contributed by atoms with Crippen LogP contribution in [-0.4, -0.2) is 43.4 Å². The fraction of sp³-hybridized carbons (Fsp3) is 0.333. The third kappa shape index (κ3) is 3.22. The molecule has 3 rings (SSSR count). The van der Waals surface area contributed by atoms with Gasteiger partial charge in [-0.15, -0.1) is 0 Å². The number of para-hydroxylation sites is 2. The Labute approximate surface area is 123 Å². The van der Waals surface area contributed by atoms with Crippen LogP contribution in [0.4, 0.5) is 5.95 Å². The highest BCUT2D eigenvalue weighted by atomic mass is 16.5. The molecule has 21 heavy (non-hydrogen) atoms. The summed E-state index contributed by atoms with van der Waals surface area (Å²) in [4.78, 5) is 10.8. The molecule has 0 atom stereocenters. The van der Waals surface area contributed by atoms with Gasteiger partial charge in [0.2, 0.25) is 5.95 Å². The predicted octanol–water partition coefficient (Wildman–Crippen LogP) is 2.11. The molecular formula is C15H17N3O3. The van der Waals surface area contributed by atoms with Crippen molar-refractivity contribution in [1.29, 1.82) is 0 Å². The number of hydrogen-bond acceptors (Lipinski definition) is 6. The maximum Gasteiger partial charge on any atom is 0.225 e. The Balaban J connectivity index is 1.72. The lowest BCUT2D eigenvalue weighted by Crippen LogP contribution is -2.37. The first-order valence-electron chi connectivity index (χ1n) is 6.82. The Morgan fingerprint density at radius 3 is 2.38 bits per heavy atom. The molecule has 1 saturated heterocycles. The van der Waals surface area contributed by atoms with Gasteiger partial charge in [0.05, 0.1) is 32.7 Å². The van der Waals surface area contributed by atoms with Crippen LogP contribution in [0, 0.1) is 0 Å². The van der Waals surface area contributed by atoms with Gasteiger partial charge in [-0.1, -0.05) is 12.1 Å². The molecule has 0 saturated carbocycles. The summed E-state index contributed by atoms with van der Waals surface area (Å²) in [6.07, 6.45) is 3.34. The molecule has 1 aromatic heterocycles. The molecule has 0 aliphatic carbocycles. The normalized spacial score (nSPS) is 14.8. The van der Waals surface area contributed by atoms with Gasteiger partial charge in [0.15, 0.2) is 17.2 Å². The zero-order valence-electron chi connectivity index (χ0n) is 11.9. The molecule has 1 aliphatic heterocycles. The van der Waals surface area contributed by atoms with Gasteiger partial charge in [-0.05, 0) is 12.1 Å². The van der Waals surface area contributed by atoms with Crippen LogP contribution >= 0.6 is 0 Å². The Kier molecular flexibility index (Phi) is 4.16. The number of methoxy groups -OCH3 is 1. The minimum Gasteiger partial charge on any atom is -0.493 e. The molecule has 0 radical (unpaired) electrons. The summed E-state index contributed by atoms with van der Waals surface area (Å²) in [6.45, 7) is 3.05. The van der Waals surface area contributed by atoms with Gasteiger partial charge in [0.25, 0.3) is 0 Å². The van der Waals surface area contributed by atoms with Crippen LogP contribution in [-0.2, 0) is 4.74 Å². The van der Waals surface area contributed by atoms with Crippen molar-refractivity contribution in [3.05, 3.63) is 36.7 Å². The lowest BCUT2D eigenvalue weighted by molar-refractivity contribution is 0.122. The first-order chi connectivity index (χ1) is 10.4. The van der Waals surface area contributed by atoms with Gasteiger partial charge in [-0.3, -0.25) is 0 Å². The molecule has 1 aromatic carbocycles. The van der Waals surface area contributed by atoms with Crippen LogP contribution < -0.4 is 14.4 Å². The lowest BCUT2D eigenvalue weighted by atomic mass is 10.3. The minimum atomic E-state index is 0.580. The summed E-state index contributed by atoms with van der Waals surface area (Å²) in [5, 5.41) is 0. The third-order valence-electron chi connectivity index (χ3n) is 3.21. The van der Waals surface area contributed by atoms with Crippen LogP contribution in [0.3, 0.4) is 0 Å². The van der Waals surface area contributed by atoms with Gasteiger partial charge < -0.3 is 19.1 Å². The second-order valence-corrected chi connectivity index (χ2v) is 4.57. The highest BCUT2D eigenvalue weighted by molar-refractivity contribution is 5.42. The molecule has 0 amide bonds. The van der Waals surface area contributed by atoms with Crippen molar-refractivity contribution in [1.82, 2.24) is 9.97 Å². The third-order valence-corrected chi connectivity index (χ3v) is 3.21. The van der Waals surface area contributed by atoms with E-state index in [-0.39, 0.29) is 0 Å². The van der Waals surface area contributed by atoms with Gasteiger partial charge in [-0.25, -0.2) is 9.97 Å². The van der Waals surface area contributed by atoms with Crippen molar-refractivity contribution in [2.24, 2.45) is 0 Å². The molecule has 110 valence electrons. The largest absolute Gasteiger partial charge is 0.493 e. The van der Waals surface area contributed by atoms with E-state index in [1.165, 1.54) is 0 Å². The number of rotatable bonds is 4. The second-order valence-electron chi connectivity index (χ2n) is 4.57. The number of nitrogens with zero attached hydrogens (tertiary/aromatic N) is 3. The first kappa shape index (κ1) is 13.6. The smallest absolute Gasteiger partial charge is 0.225 e. The van der Waals surface area contributed by atoms with Crippen LogP contribution in [0.5, 0.6) is 17.2 Å². The maximum absolute atomic E-state index is 5.75. The number of aromatic nitrogens is 2. The summed E-state index contributed by atoms with van der Waals surface area (Å²) in [7, 11) is 1.61. The summed E-state index contributed by atoms with van der Waals surface area (Å²) < 4.78 is 16.3. The van der Waals surface area contributed by atoms with Gasteiger partial charge >= 0.3 is 0 Å². The van der Waals surface area contributed by atoms with E-state index in [9.17, 15) is 0 Å². The molecule has 0 N–H and O–H groups in total. The van der Waals surface area contributed by atoms with E-state index in [0.717, 1.165) is 13.1 Å². The lowest BCUT2D eigenvalue weighted by Gasteiger charge is -2.26. The molecule has 1 fully saturated rings. The van der Waals surface area contributed by atoms with Crippen LogP contribution in [0.15, 0.2) is 36.7 Å². The highest BCUT2D eigenvalue weighted by Crippen LogP contribution is 2.30. The van der Waals surface area contributed by atoms with E-state index in [1.807, 2.05) is 24.3 Å². The van der Waals surface area contributed by atoms with E-state index in [4.69, 9.17) is 14.2 Å². The summed E-state index contributed by atoms with van der Waals surface area (Å²) >= 11 is 0. The second kappa shape index (κ2) is 6.41. The SMILES string of the molecule is COc1ccccc1Oc1cnc(N2CCOCC2)nc1. The highest BCUT2D eigenvalue weighted by Gasteiger charge is 2.13. The Bertz CT molecular complexity index is 583. The van der Waals surface area contributed by atoms with Gasteiger partial charge in [-0.2, -0.15) is 0 Å². The van der Waals surface area contributed by atoms with E-state index >= 15 is 0 Å². The molecule has 2 heterocycles. The first-order valence-corrected chi connectivity index (χ1v) is 6.82. The zero-order valence-corrected chi connectivity index (χ0v) is 11.9. The molecule has 0 spiro atoms. The van der Waals surface area contributed by atoms with Gasteiger partial charge in [0, 0.05) is 13.1 Å². The summed E-state index contributed by atoms with van der Waals surface area (Å²) in [6, 6.07) is 7.47. The summed E-state index contributed by atoms with van der Waals surface area (Å²) in [5.41, 5.74) is 0. The van der Waals surface area contributed by atoms with E-state index < -0.39 is 0 Å². The Hall–Kier alpha value is -2.34. The van der Waals surface area contributed by atoms with E-state index in [1.54, 1.807) is 19.5 Å². The Morgan fingerprint density at radius 1 is 1.05 bits per heavy atom. The number of hydrogen-bond donors (Lipinski definition) is 0. The van der Waals surface area contributed by atoms with E-state index in [2.05, 4.69) is 14.9 Å². The van der Waals surface area contributed by atoms with Crippen molar-refractivity contribution >= 4 is 5.95 Å². The van der Waals surface area contributed by atoms with Crippen LogP contribution in [0.25, 0.3) is 0 Å².